The van der Waals surface area contributed by atoms with Crippen LogP contribution in [0.1, 0.15) is 40.1 Å². The van der Waals surface area contributed by atoms with Crippen molar-refractivity contribution >= 4 is 40.6 Å². The molecule has 2 heterocycles. The Kier molecular flexibility index (Phi) is 7.14. The molecule has 7 nitrogen and oxygen atoms in total. The van der Waals surface area contributed by atoms with Gasteiger partial charge in [0.05, 0.1) is 16.3 Å². The fourth-order valence-electron chi connectivity index (χ4n) is 4.14. The van der Waals surface area contributed by atoms with E-state index in [1.165, 1.54) is 0 Å². The third-order valence-electron chi connectivity index (χ3n) is 5.75. The van der Waals surface area contributed by atoms with E-state index >= 15 is 0 Å². The lowest BCUT2D eigenvalue weighted by Gasteiger charge is -2.36. The minimum atomic E-state index is -0.292. The van der Waals surface area contributed by atoms with Crippen molar-refractivity contribution < 1.29 is 9.59 Å². The van der Waals surface area contributed by atoms with E-state index < -0.39 is 0 Å². The minimum Gasteiger partial charge on any atom is -0.354 e. The van der Waals surface area contributed by atoms with Crippen LogP contribution in [-0.2, 0) is 0 Å². The third kappa shape index (κ3) is 5.55. The first kappa shape index (κ1) is 23.7. The molecular weight excluding hydrogens is 450 g/mol. The molecule has 0 aliphatic carbocycles. The van der Waals surface area contributed by atoms with Crippen LogP contribution in [0.2, 0.25) is 5.02 Å². The van der Waals surface area contributed by atoms with Crippen molar-refractivity contribution in [3.05, 3.63) is 82.5 Å². The Morgan fingerprint density at radius 2 is 1.74 bits per heavy atom. The van der Waals surface area contributed by atoms with Crippen LogP contribution in [0.3, 0.4) is 0 Å². The second kappa shape index (κ2) is 10.2. The van der Waals surface area contributed by atoms with E-state index in [9.17, 15) is 9.59 Å². The molecule has 1 saturated heterocycles. The molecule has 2 atom stereocenters. The van der Waals surface area contributed by atoms with Gasteiger partial charge in [-0.2, -0.15) is 0 Å². The van der Waals surface area contributed by atoms with Crippen LogP contribution >= 0.6 is 11.6 Å². The molecule has 0 bridgehead atoms. The van der Waals surface area contributed by atoms with Crippen LogP contribution in [0.15, 0.2) is 60.8 Å². The van der Waals surface area contributed by atoms with Crippen LogP contribution in [-0.4, -0.2) is 42.0 Å². The Hall–Kier alpha value is -3.42. The zero-order valence-electron chi connectivity index (χ0n) is 19.4. The average Bonchev–Trinajstić information content (AvgIpc) is 2.81. The van der Waals surface area contributed by atoms with Gasteiger partial charge in [-0.15, -0.1) is 0 Å². The molecule has 2 aromatic carbocycles. The predicted octanol–water partition coefficient (Wildman–Crippen LogP) is 4.73. The summed E-state index contributed by atoms with van der Waals surface area (Å²) in [6, 6.07) is 16.7. The first-order chi connectivity index (χ1) is 16.3. The van der Waals surface area contributed by atoms with Crippen LogP contribution in [0.4, 0.5) is 17.2 Å². The summed E-state index contributed by atoms with van der Waals surface area (Å²) in [6.45, 7) is 7.90. The molecule has 4 rings (SSSR count). The van der Waals surface area contributed by atoms with Gasteiger partial charge in [-0.25, -0.2) is 4.98 Å². The van der Waals surface area contributed by atoms with E-state index in [4.69, 9.17) is 11.6 Å². The lowest BCUT2D eigenvalue weighted by Crippen LogP contribution is -2.54. The van der Waals surface area contributed by atoms with Gasteiger partial charge in [0.2, 0.25) is 0 Å². The second-order valence-electron chi connectivity index (χ2n) is 8.70. The number of halogens is 1. The standard InChI is InChI=1S/C26H28ClN5O2/c1-16-6-4-5-7-21(16)26(34)31-23-12-20(9-10-22(23)27)30-25(33)19-8-11-24(28-13-19)32-14-17(2)29-18(3)15-32/h4-13,17-18,29H,14-15H2,1-3H3,(H,30,33)(H,31,34)/t17-,18+. The molecule has 3 aromatic rings. The molecule has 1 aliphatic heterocycles. The van der Waals surface area contributed by atoms with Crippen LogP contribution < -0.4 is 20.9 Å². The number of rotatable bonds is 5. The number of hydrogen-bond acceptors (Lipinski definition) is 5. The van der Waals surface area contributed by atoms with Crippen LogP contribution in [0.25, 0.3) is 0 Å². The van der Waals surface area contributed by atoms with Gasteiger partial charge in [0, 0.05) is 42.6 Å². The normalized spacial score (nSPS) is 17.8. The number of amides is 2. The highest BCUT2D eigenvalue weighted by molar-refractivity contribution is 6.34. The molecule has 3 N–H and O–H groups in total. The number of hydrogen-bond donors (Lipinski definition) is 3. The van der Waals surface area contributed by atoms with E-state index in [-0.39, 0.29) is 11.8 Å². The topological polar surface area (TPSA) is 86.4 Å². The van der Waals surface area contributed by atoms with Gasteiger partial charge < -0.3 is 20.9 Å². The highest BCUT2D eigenvalue weighted by Gasteiger charge is 2.22. The van der Waals surface area contributed by atoms with Gasteiger partial charge >= 0.3 is 0 Å². The van der Waals surface area contributed by atoms with Crippen molar-refractivity contribution in [2.75, 3.05) is 28.6 Å². The predicted molar refractivity (Wildman–Crippen MR) is 137 cm³/mol. The van der Waals surface area contributed by atoms with Gasteiger partial charge in [-0.05, 0) is 62.7 Å². The van der Waals surface area contributed by atoms with Gasteiger partial charge in [0.25, 0.3) is 11.8 Å². The molecule has 8 heteroatoms. The number of nitrogens with zero attached hydrogens (tertiary/aromatic N) is 2. The SMILES string of the molecule is Cc1ccccc1C(=O)Nc1cc(NC(=O)c2ccc(N3C[C@@H](C)N[C@@H](C)C3)nc2)ccc1Cl. The van der Waals surface area contributed by atoms with Gasteiger partial charge in [0.1, 0.15) is 5.82 Å². The molecule has 1 aromatic heterocycles. The number of piperazine rings is 1. The fraction of sp³-hybridized carbons (Fsp3) is 0.269. The zero-order chi connectivity index (χ0) is 24.2. The van der Waals surface area contributed by atoms with Crippen molar-refractivity contribution in [2.24, 2.45) is 0 Å². The molecule has 1 aliphatic rings. The Balaban J connectivity index is 1.44. The number of nitrogens with one attached hydrogen (secondary N) is 3. The molecular formula is C26H28ClN5O2. The number of benzene rings is 2. The summed E-state index contributed by atoms with van der Waals surface area (Å²) in [5.41, 5.74) is 2.81. The van der Waals surface area contributed by atoms with Gasteiger partial charge in [0.15, 0.2) is 0 Å². The number of aryl methyl sites for hydroxylation is 1. The summed E-state index contributed by atoms with van der Waals surface area (Å²) in [5, 5.41) is 9.56. The summed E-state index contributed by atoms with van der Waals surface area (Å²) in [6.07, 6.45) is 1.58. The van der Waals surface area contributed by atoms with Crippen LogP contribution in [0.5, 0.6) is 0 Å². The third-order valence-corrected chi connectivity index (χ3v) is 6.08. The number of aromatic nitrogens is 1. The monoisotopic (exact) mass is 477 g/mol. The summed E-state index contributed by atoms with van der Waals surface area (Å²) in [4.78, 5) is 32.2. The lowest BCUT2D eigenvalue weighted by atomic mass is 10.1. The summed E-state index contributed by atoms with van der Waals surface area (Å²) < 4.78 is 0. The Morgan fingerprint density at radius 1 is 1.00 bits per heavy atom. The molecule has 2 amide bonds. The number of carbonyl (C=O) groups is 2. The van der Waals surface area contributed by atoms with Crippen molar-refractivity contribution in [3.8, 4) is 0 Å². The molecule has 0 spiro atoms. The van der Waals surface area contributed by atoms with Crippen molar-refractivity contribution in [1.29, 1.82) is 0 Å². The van der Waals surface area contributed by atoms with Crippen LogP contribution in [0, 0.1) is 6.92 Å². The largest absolute Gasteiger partial charge is 0.354 e. The molecule has 0 saturated carbocycles. The maximum absolute atomic E-state index is 12.8. The van der Waals surface area contributed by atoms with E-state index in [0.29, 0.717) is 39.6 Å². The summed E-state index contributed by atoms with van der Waals surface area (Å²) >= 11 is 6.29. The van der Waals surface area contributed by atoms with E-state index in [2.05, 4.69) is 39.7 Å². The Bertz CT molecular complexity index is 1190. The molecule has 1 fully saturated rings. The summed E-state index contributed by atoms with van der Waals surface area (Å²) in [5.74, 6) is 0.295. The maximum atomic E-state index is 12.8. The summed E-state index contributed by atoms with van der Waals surface area (Å²) in [7, 11) is 0. The quantitative estimate of drug-likeness (QED) is 0.494. The maximum Gasteiger partial charge on any atom is 0.257 e. The molecule has 0 radical (unpaired) electrons. The molecule has 0 unspecified atom stereocenters. The van der Waals surface area contributed by atoms with E-state index in [0.717, 1.165) is 24.5 Å². The second-order valence-corrected chi connectivity index (χ2v) is 9.10. The van der Waals surface area contributed by atoms with Crippen molar-refractivity contribution in [3.63, 3.8) is 0 Å². The number of carbonyl (C=O) groups excluding carboxylic acids is 2. The highest BCUT2D eigenvalue weighted by atomic mass is 35.5. The lowest BCUT2D eigenvalue weighted by molar-refractivity contribution is 0.101. The Morgan fingerprint density at radius 3 is 2.41 bits per heavy atom. The van der Waals surface area contributed by atoms with E-state index in [1.54, 1.807) is 36.5 Å². The Labute approximate surface area is 204 Å². The van der Waals surface area contributed by atoms with Crippen molar-refractivity contribution in [2.45, 2.75) is 32.9 Å². The number of anilines is 3. The fourth-order valence-corrected chi connectivity index (χ4v) is 4.31. The molecule has 176 valence electrons. The van der Waals surface area contributed by atoms with Gasteiger partial charge in [-0.3, -0.25) is 9.59 Å². The minimum absolute atomic E-state index is 0.264. The van der Waals surface area contributed by atoms with Crippen molar-refractivity contribution in [1.82, 2.24) is 10.3 Å². The first-order valence-electron chi connectivity index (χ1n) is 11.2. The smallest absolute Gasteiger partial charge is 0.257 e. The van der Waals surface area contributed by atoms with E-state index in [1.807, 2.05) is 31.2 Å². The average molecular weight is 478 g/mol. The molecule has 34 heavy (non-hydrogen) atoms. The zero-order valence-corrected chi connectivity index (χ0v) is 20.2. The highest BCUT2D eigenvalue weighted by Crippen LogP contribution is 2.27. The van der Waals surface area contributed by atoms with Gasteiger partial charge in [-0.1, -0.05) is 29.8 Å². The first-order valence-corrected chi connectivity index (χ1v) is 11.6. The number of pyridine rings is 1.